The number of methoxy groups -OCH3 is 7. The third kappa shape index (κ3) is 22.1. The van der Waals surface area contributed by atoms with Gasteiger partial charge >= 0.3 is 0 Å². The summed E-state index contributed by atoms with van der Waals surface area (Å²) in [4.78, 5) is 58.2. The molecule has 2 saturated carbocycles. The quantitative estimate of drug-likeness (QED) is 0.0293. The lowest BCUT2D eigenvalue weighted by Crippen LogP contribution is -2.44. The molecule has 1 amide bonds. The molecule has 676 valence electrons. The van der Waals surface area contributed by atoms with Crippen LogP contribution in [0.4, 0.5) is 45.5 Å². The lowest BCUT2D eigenvalue weighted by Gasteiger charge is -2.32. The van der Waals surface area contributed by atoms with Crippen LogP contribution in [0.1, 0.15) is 56.9 Å². The number of fused-ring (bicyclic) bond motifs is 4. The van der Waals surface area contributed by atoms with Crippen molar-refractivity contribution in [3.63, 3.8) is 0 Å². The van der Waals surface area contributed by atoms with Crippen LogP contribution in [0.25, 0.3) is 89.2 Å². The minimum absolute atomic E-state index is 0.0302. The van der Waals surface area contributed by atoms with Crippen molar-refractivity contribution in [3.8, 4) is 91.3 Å². The SMILES string of the molecule is COc1cc(CN)cc(N(CC2CC2)c2ccc3ncc(-c4cnn(C)c4)nc3c2)c1.COc1cc(OC)cc(N(CC(N)=O)c2ccc3ncc(-c4cnn(C)c4)nc3c2)c1.COc1cc(OC)cc(N(CC2CC2)c2ccc3ncc(-c4cnn(CC5(O)CCNCC5)c4)nc3c2)c1.COc1cc(OC)cc(N(CCCC#N)c2ccc3ncc(-c4cnn(C)c4)nc3c2)c1. The van der Waals surface area contributed by atoms with Crippen LogP contribution in [0.3, 0.4) is 0 Å². The van der Waals surface area contributed by atoms with Gasteiger partial charge in [0.15, 0.2) is 0 Å². The number of unbranched alkanes of at least 4 members (excludes halogenated alkanes) is 1. The van der Waals surface area contributed by atoms with Crippen molar-refractivity contribution in [1.82, 2.24) is 84.3 Å². The molecule has 0 bridgehead atoms. The van der Waals surface area contributed by atoms with Crippen LogP contribution in [-0.4, -0.2) is 185 Å². The summed E-state index contributed by atoms with van der Waals surface area (Å²) in [6.07, 6.45) is 29.5. The maximum atomic E-state index is 11.9. The predicted molar refractivity (Wildman–Crippen MR) is 510 cm³/mol. The van der Waals surface area contributed by atoms with Gasteiger partial charge in [-0.05, 0) is 160 Å². The molecular weight excluding hydrogens is 1670 g/mol. The second-order valence-electron chi connectivity index (χ2n) is 32.9. The number of primary amides is 1. The molecule has 0 unspecified atom stereocenters. The third-order valence-corrected chi connectivity index (χ3v) is 23.2. The molecule has 19 rings (SSSR count). The highest BCUT2D eigenvalue weighted by molar-refractivity contribution is 5.89. The van der Waals surface area contributed by atoms with Crippen molar-refractivity contribution in [2.24, 2.45) is 44.4 Å². The minimum atomic E-state index is -0.730. The van der Waals surface area contributed by atoms with E-state index in [1.165, 1.54) is 25.7 Å². The number of carbonyl (C=O) groups excluding carboxylic acids is 1. The lowest BCUT2D eigenvalue weighted by atomic mass is 9.92. The molecule has 0 radical (unpaired) electrons. The predicted octanol–water partition coefficient (Wildman–Crippen LogP) is 15.4. The zero-order valence-corrected chi connectivity index (χ0v) is 75.5. The van der Waals surface area contributed by atoms with Gasteiger partial charge in [0.05, 0.1) is 184 Å². The van der Waals surface area contributed by atoms with Gasteiger partial charge in [-0.2, -0.15) is 25.7 Å². The van der Waals surface area contributed by atoms with Gasteiger partial charge in [0, 0.05) is 207 Å². The number of carbonyl (C=O) groups is 1. The highest BCUT2D eigenvalue weighted by Gasteiger charge is 2.32. The number of nitrogens with zero attached hydrogens (tertiary/aromatic N) is 21. The highest BCUT2D eigenvalue weighted by atomic mass is 16.5. The second-order valence-corrected chi connectivity index (χ2v) is 32.9. The molecule has 8 aromatic carbocycles. The van der Waals surface area contributed by atoms with Gasteiger partial charge in [0.1, 0.15) is 46.8 Å². The van der Waals surface area contributed by atoms with E-state index in [4.69, 9.17) is 69.8 Å². The average molecular weight is 1780 g/mol. The van der Waals surface area contributed by atoms with Crippen molar-refractivity contribution in [3.05, 3.63) is 226 Å². The fraction of sp³-hybridized carbons (Fsp3) is 0.293. The van der Waals surface area contributed by atoms with Gasteiger partial charge in [-0.3, -0.25) is 43.5 Å². The Hall–Kier alpha value is -15.4. The Kier molecular flexibility index (Phi) is 27.9. The largest absolute Gasteiger partial charge is 0.497 e. The van der Waals surface area contributed by atoms with E-state index in [1.54, 1.807) is 118 Å². The molecule has 9 heterocycles. The number of amides is 1. The molecule has 2 aliphatic carbocycles. The van der Waals surface area contributed by atoms with E-state index in [2.05, 4.69) is 103 Å². The lowest BCUT2D eigenvalue weighted by molar-refractivity contribution is -0.116. The van der Waals surface area contributed by atoms with Crippen LogP contribution in [0.5, 0.6) is 40.2 Å². The molecule has 6 N–H and O–H groups in total. The molecule has 8 aromatic heterocycles. The topological polar surface area (TPSA) is 377 Å². The van der Waals surface area contributed by atoms with Gasteiger partial charge in [-0.25, -0.2) is 19.9 Å². The zero-order chi connectivity index (χ0) is 91.9. The minimum Gasteiger partial charge on any atom is -0.497 e. The van der Waals surface area contributed by atoms with Crippen LogP contribution >= 0.6 is 0 Å². The van der Waals surface area contributed by atoms with Crippen LogP contribution in [0.2, 0.25) is 0 Å². The first-order chi connectivity index (χ1) is 64.2. The number of aromatic nitrogens is 16. The smallest absolute Gasteiger partial charge is 0.237 e. The Labute approximate surface area is 764 Å². The van der Waals surface area contributed by atoms with E-state index >= 15 is 0 Å². The molecule has 3 aliphatic rings. The number of nitriles is 1. The Morgan fingerprint density at radius 2 is 0.765 bits per heavy atom. The van der Waals surface area contributed by atoms with E-state index in [0.717, 1.165) is 186 Å². The number of piperidine rings is 1. The summed E-state index contributed by atoms with van der Waals surface area (Å²) < 4.78 is 45.3. The first kappa shape index (κ1) is 90.0. The van der Waals surface area contributed by atoms with Crippen LogP contribution in [-0.2, 0) is 39.0 Å². The fourth-order valence-electron chi connectivity index (χ4n) is 15.7. The normalized spacial score (nSPS) is 13.2. The van der Waals surface area contributed by atoms with Crippen LogP contribution in [0.15, 0.2) is 220 Å². The van der Waals surface area contributed by atoms with Crippen molar-refractivity contribution in [2.45, 2.75) is 70.1 Å². The first-order valence-corrected chi connectivity index (χ1v) is 43.6. The van der Waals surface area contributed by atoms with Gasteiger partial charge in [0.25, 0.3) is 0 Å². The summed E-state index contributed by atoms with van der Waals surface area (Å²) in [6, 6.07) is 49.6. The van der Waals surface area contributed by atoms with Gasteiger partial charge < -0.3 is 74.6 Å². The number of nitrogens with two attached hydrogens (primary N) is 2. The number of ether oxygens (including phenoxy) is 7. The maximum Gasteiger partial charge on any atom is 0.237 e. The average Bonchev–Trinajstić information content (AvgIpc) is 1.18. The number of aliphatic hydroxyl groups is 1. The summed E-state index contributed by atoms with van der Waals surface area (Å²) >= 11 is 0. The van der Waals surface area contributed by atoms with E-state index in [9.17, 15) is 9.90 Å². The second kappa shape index (κ2) is 40.9. The summed E-state index contributed by atoms with van der Waals surface area (Å²) in [5.74, 6) is 5.83. The molecule has 33 nitrogen and oxygen atoms in total. The molecule has 3 fully saturated rings. The molecule has 1 aliphatic heterocycles. The van der Waals surface area contributed by atoms with Gasteiger partial charge in [-0.1, -0.05) is 0 Å². The molecule has 1 saturated heterocycles. The zero-order valence-electron chi connectivity index (χ0n) is 75.5. The summed E-state index contributed by atoms with van der Waals surface area (Å²) in [6.45, 7) is 5.09. The van der Waals surface area contributed by atoms with E-state index in [-0.39, 0.29) is 6.54 Å². The van der Waals surface area contributed by atoms with E-state index in [0.29, 0.717) is 77.8 Å². The first-order valence-electron chi connectivity index (χ1n) is 43.6. The maximum absolute atomic E-state index is 11.9. The Bertz CT molecular complexity index is 6710. The summed E-state index contributed by atoms with van der Waals surface area (Å²) in [5, 5.41) is 40.4. The number of hydrogen-bond donors (Lipinski definition) is 4. The Morgan fingerprint density at radius 1 is 0.432 bits per heavy atom. The van der Waals surface area contributed by atoms with Gasteiger partial charge in [-0.15, -0.1) is 0 Å². The van der Waals surface area contributed by atoms with Crippen molar-refractivity contribution >= 4 is 95.5 Å². The number of nitrogens with one attached hydrogen (secondary N) is 1. The number of benzene rings is 8. The van der Waals surface area contributed by atoms with E-state index < -0.39 is 11.5 Å². The number of aryl methyl sites for hydroxylation is 3. The number of anilines is 8. The molecule has 132 heavy (non-hydrogen) atoms. The van der Waals surface area contributed by atoms with Crippen molar-refractivity contribution in [1.29, 1.82) is 5.26 Å². The molecular formula is C99H106N24O9. The molecule has 33 heteroatoms. The van der Waals surface area contributed by atoms with Gasteiger partial charge in [0.2, 0.25) is 5.91 Å². The number of rotatable bonds is 31. The highest BCUT2D eigenvalue weighted by Crippen LogP contribution is 2.43. The van der Waals surface area contributed by atoms with E-state index in [1.807, 2.05) is 160 Å². The monoisotopic (exact) mass is 1770 g/mol. The van der Waals surface area contributed by atoms with Crippen molar-refractivity contribution in [2.75, 3.05) is 109 Å². The fourth-order valence-corrected chi connectivity index (χ4v) is 15.7. The van der Waals surface area contributed by atoms with Crippen LogP contribution < -0.4 is 69.5 Å². The molecule has 0 spiro atoms. The molecule has 16 aromatic rings. The summed E-state index contributed by atoms with van der Waals surface area (Å²) in [5.41, 5.74) is 32.4. The Balaban J connectivity index is 0.000000129. The Morgan fingerprint density at radius 3 is 1.11 bits per heavy atom. The van der Waals surface area contributed by atoms with Crippen molar-refractivity contribution < 1.29 is 43.1 Å². The number of hydrogen-bond acceptors (Lipinski definition) is 28. The third-order valence-electron chi connectivity index (χ3n) is 23.2. The summed E-state index contributed by atoms with van der Waals surface area (Å²) in [7, 11) is 17.1. The van der Waals surface area contributed by atoms with Crippen LogP contribution in [0, 0.1) is 23.2 Å². The standard InChI is InChI=1S/C29H34N6O3.C24H24N6O2.C24H26N6O.C22H22N6O3/c1-37-24-11-23(12-25(14-24)38-2)35(17-20-3-4-20)22-5-6-26-27(13-22)33-28(16-31-26)21-15-32-34(18-21)19-29(36)7-9-30-10-8-29;1-29-16-17(14-27-29)24-15-26-22-7-6-18(12-23(22)28-24)30(9-5-4-8-25)19-10-20(31-2)13-21(11-19)32-3;1-29-15-18(12-27-29)24-13-26-22-6-5-19(10-23(22)28-24)30(14-16-3-4-16)20-7-17(11-25)8-21(9-20)31-2;1-27-12-14(10-25-27)21-11-24-19-5-4-15(8-20(19)26-21)28(13-22(23)29)16-6-17(30-2)9-18(7-16)31-3/h5-6,11-16,18,20,30,36H,3-4,7-10,17,19H2,1-2H3;6-7,10-16H,4-5,9H2,1-3H3;5-10,12-13,15-16H,3-4,11,14,25H2,1-2H3;4-12H,13H2,1-3H3,(H2,23,29). The molecule has 0 atom stereocenters.